The van der Waals surface area contributed by atoms with E-state index in [1.54, 1.807) is 0 Å². The Labute approximate surface area is 147 Å². The minimum atomic E-state index is -4.50. The van der Waals surface area contributed by atoms with Crippen LogP contribution in [0.1, 0.15) is 26.2 Å². The van der Waals surface area contributed by atoms with Crippen molar-refractivity contribution in [2.75, 3.05) is 24.7 Å². The third kappa shape index (κ3) is 6.48. The summed E-state index contributed by atoms with van der Waals surface area (Å²) >= 11 is -0.404. The summed E-state index contributed by atoms with van der Waals surface area (Å²) in [5.41, 5.74) is -4.57. The maximum absolute atomic E-state index is 14.2. The minimum Gasteiger partial charge on any atom is -0.353 e. The SMILES string of the molecule is CC(=O)N(CCOC1CCCCO1)c1ccc(SC(F)(F)F)cc1F. The molecule has 0 saturated carbocycles. The summed E-state index contributed by atoms with van der Waals surface area (Å²) in [7, 11) is 0. The van der Waals surface area contributed by atoms with Gasteiger partial charge in [0.1, 0.15) is 5.82 Å². The summed E-state index contributed by atoms with van der Waals surface area (Å²) in [6.45, 7) is 2.10. The molecule has 1 atom stereocenters. The highest BCUT2D eigenvalue weighted by Crippen LogP contribution is 2.38. The fourth-order valence-electron chi connectivity index (χ4n) is 2.47. The zero-order valence-corrected chi connectivity index (χ0v) is 14.5. The maximum atomic E-state index is 14.2. The lowest BCUT2D eigenvalue weighted by molar-refractivity contribution is -0.160. The van der Waals surface area contributed by atoms with Gasteiger partial charge in [0.25, 0.3) is 0 Å². The van der Waals surface area contributed by atoms with E-state index >= 15 is 0 Å². The molecule has 0 N–H and O–H groups in total. The third-order valence-electron chi connectivity index (χ3n) is 3.58. The number of carbonyl (C=O) groups excluding carboxylic acids is 1. The van der Waals surface area contributed by atoms with Crippen molar-refractivity contribution in [3.8, 4) is 0 Å². The first-order valence-corrected chi connectivity index (χ1v) is 8.64. The van der Waals surface area contributed by atoms with Crippen molar-refractivity contribution < 1.29 is 31.8 Å². The van der Waals surface area contributed by atoms with E-state index in [0.29, 0.717) is 6.61 Å². The van der Waals surface area contributed by atoms with Crippen molar-refractivity contribution in [1.29, 1.82) is 0 Å². The second-order valence-electron chi connectivity index (χ2n) is 5.50. The van der Waals surface area contributed by atoms with Crippen LogP contribution in [0.2, 0.25) is 0 Å². The standard InChI is InChI=1S/C16H19F4NO3S/c1-11(22)21(7-9-24-15-4-2-3-8-23-15)14-6-5-12(10-13(14)17)25-16(18,19)20/h5-6,10,15H,2-4,7-9H2,1H3. The van der Waals surface area contributed by atoms with Crippen LogP contribution in [0.15, 0.2) is 23.1 Å². The first-order chi connectivity index (χ1) is 11.8. The molecule has 1 aliphatic rings. The van der Waals surface area contributed by atoms with Crippen LogP contribution in [0.5, 0.6) is 0 Å². The predicted molar refractivity (Wildman–Crippen MR) is 85.9 cm³/mol. The molecule has 0 spiro atoms. The molecule has 1 heterocycles. The van der Waals surface area contributed by atoms with E-state index in [9.17, 15) is 22.4 Å². The predicted octanol–water partition coefficient (Wildman–Crippen LogP) is 4.33. The van der Waals surface area contributed by atoms with Gasteiger partial charge in [-0.25, -0.2) is 4.39 Å². The lowest BCUT2D eigenvalue weighted by Crippen LogP contribution is -2.34. The highest BCUT2D eigenvalue weighted by Gasteiger charge is 2.30. The lowest BCUT2D eigenvalue weighted by atomic mass is 10.2. The van der Waals surface area contributed by atoms with Crippen LogP contribution in [0, 0.1) is 5.82 Å². The maximum Gasteiger partial charge on any atom is 0.446 e. The number of rotatable bonds is 6. The summed E-state index contributed by atoms with van der Waals surface area (Å²) in [6, 6.07) is 3.08. The first kappa shape index (κ1) is 20.0. The number of anilines is 1. The molecule has 1 aromatic carbocycles. The van der Waals surface area contributed by atoms with Crippen molar-refractivity contribution in [1.82, 2.24) is 0 Å². The van der Waals surface area contributed by atoms with Crippen molar-refractivity contribution >= 4 is 23.4 Å². The smallest absolute Gasteiger partial charge is 0.353 e. The molecule has 25 heavy (non-hydrogen) atoms. The van der Waals surface area contributed by atoms with Crippen LogP contribution in [0.3, 0.4) is 0 Å². The Balaban J connectivity index is 1.99. The Kier molecular flexibility index (Phi) is 7.09. The quantitative estimate of drug-likeness (QED) is 0.543. The van der Waals surface area contributed by atoms with Crippen LogP contribution in [-0.4, -0.2) is 37.5 Å². The number of hydrogen-bond donors (Lipinski definition) is 0. The molecule has 9 heteroatoms. The first-order valence-electron chi connectivity index (χ1n) is 7.83. The van der Waals surface area contributed by atoms with Gasteiger partial charge in [-0.15, -0.1) is 0 Å². The lowest BCUT2D eigenvalue weighted by Gasteiger charge is -2.26. The molecule has 1 unspecified atom stereocenters. The van der Waals surface area contributed by atoms with Gasteiger partial charge >= 0.3 is 5.51 Å². The van der Waals surface area contributed by atoms with Crippen LogP contribution in [0.4, 0.5) is 23.2 Å². The van der Waals surface area contributed by atoms with Gasteiger partial charge in [-0.05, 0) is 49.2 Å². The van der Waals surface area contributed by atoms with E-state index in [1.807, 2.05) is 0 Å². The van der Waals surface area contributed by atoms with Crippen LogP contribution in [0.25, 0.3) is 0 Å². The second kappa shape index (κ2) is 8.86. The van der Waals surface area contributed by atoms with Gasteiger partial charge in [0.2, 0.25) is 5.91 Å². The molecule has 140 valence electrons. The normalized spacial score (nSPS) is 18.2. The van der Waals surface area contributed by atoms with E-state index < -0.39 is 29.0 Å². The molecule has 0 radical (unpaired) electrons. The van der Waals surface area contributed by atoms with Gasteiger partial charge < -0.3 is 14.4 Å². The minimum absolute atomic E-state index is 0.0767. The summed E-state index contributed by atoms with van der Waals surface area (Å²) in [5.74, 6) is -1.32. The number of benzene rings is 1. The fourth-order valence-corrected chi connectivity index (χ4v) is 3.03. The molecule has 4 nitrogen and oxygen atoms in total. The summed E-state index contributed by atoms with van der Waals surface area (Å²) < 4.78 is 62.2. The average Bonchev–Trinajstić information content (AvgIpc) is 2.52. The van der Waals surface area contributed by atoms with Crippen molar-refractivity contribution in [3.05, 3.63) is 24.0 Å². The van der Waals surface area contributed by atoms with E-state index in [-0.39, 0.29) is 30.0 Å². The van der Waals surface area contributed by atoms with Crippen molar-refractivity contribution in [2.45, 2.75) is 42.9 Å². The Bertz CT molecular complexity index is 591. The molecule has 1 amide bonds. The molecular weight excluding hydrogens is 362 g/mol. The van der Waals surface area contributed by atoms with Crippen molar-refractivity contribution in [3.63, 3.8) is 0 Å². The van der Waals surface area contributed by atoms with Gasteiger partial charge in [-0.1, -0.05) is 0 Å². The Morgan fingerprint density at radius 3 is 2.72 bits per heavy atom. The largest absolute Gasteiger partial charge is 0.446 e. The number of carbonyl (C=O) groups is 1. The molecule has 2 rings (SSSR count). The van der Waals surface area contributed by atoms with E-state index in [1.165, 1.54) is 13.0 Å². The molecule has 0 aliphatic carbocycles. The average molecular weight is 381 g/mol. The summed E-state index contributed by atoms with van der Waals surface area (Å²) in [6.07, 6.45) is 2.40. The molecule has 0 aromatic heterocycles. The number of thioether (sulfide) groups is 1. The number of halogens is 4. The molecule has 1 aliphatic heterocycles. The van der Waals surface area contributed by atoms with Crippen LogP contribution in [-0.2, 0) is 14.3 Å². The molecule has 1 saturated heterocycles. The number of nitrogens with zero attached hydrogens (tertiary/aromatic N) is 1. The topological polar surface area (TPSA) is 38.8 Å². The fraction of sp³-hybridized carbons (Fsp3) is 0.562. The highest BCUT2D eigenvalue weighted by molar-refractivity contribution is 8.00. The van der Waals surface area contributed by atoms with E-state index in [2.05, 4.69) is 0 Å². The molecule has 1 fully saturated rings. The summed E-state index contributed by atoms with van der Waals surface area (Å²) in [5, 5.41) is 0. The Morgan fingerprint density at radius 1 is 1.40 bits per heavy atom. The van der Waals surface area contributed by atoms with Gasteiger partial charge in [0.15, 0.2) is 6.29 Å². The molecule has 1 aromatic rings. The highest BCUT2D eigenvalue weighted by atomic mass is 32.2. The third-order valence-corrected chi connectivity index (χ3v) is 4.30. The van der Waals surface area contributed by atoms with Crippen molar-refractivity contribution in [2.24, 2.45) is 0 Å². The zero-order valence-electron chi connectivity index (χ0n) is 13.6. The Hall–Kier alpha value is -1.32. The number of hydrogen-bond acceptors (Lipinski definition) is 4. The molecule has 0 bridgehead atoms. The number of ether oxygens (including phenoxy) is 2. The number of amides is 1. The Morgan fingerprint density at radius 2 is 2.16 bits per heavy atom. The monoisotopic (exact) mass is 381 g/mol. The van der Waals surface area contributed by atoms with E-state index in [0.717, 1.165) is 36.3 Å². The van der Waals surface area contributed by atoms with E-state index in [4.69, 9.17) is 9.47 Å². The van der Waals surface area contributed by atoms with Gasteiger partial charge in [0, 0.05) is 25.0 Å². The molecular formula is C16H19F4NO3S. The van der Waals surface area contributed by atoms with Gasteiger partial charge in [-0.2, -0.15) is 13.2 Å². The van der Waals surface area contributed by atoms with Crippen LogP contribution >= 0.6 is 11.8 Å². The zero-order chi connectivity index (χ0) is 18.4. The summed E-state index contributed by atoms with van der Waals surface area (Å²) in [4.78, 5) is 12.6. The number of alkyl halides is 3. The second-order valence-corrected chi connectivity index (χ2v) is 6.64. The van der Waals surface area contributed by atoms with Crippen LogP contribution < -0.4 is 4.90 Å². The van der Waals surface area contributed by atoms with Gasteiger partial charge in [0.05, 0.1) is 12.3 Å². The van der Waals surface area contributed by atoms with Gasteiger partial charge in [-0.3, -0.25) is 4.79 Å².